The van der Waals surface area contributed by atoms with Gasteiger partial charge in [-0.2, -0.15) is 0 Å². The summed E-state index contributed by atoms with van der Waals surface area (Å²) in [6, 6.07) is 20.0. The Labute approximate surface area is 187 Å². The maximum atomic E-state index is 11.0. The topological polar surface area (TPSA) is 101 Å². The molecule has 1 aliphatic carbocycles. The van der Waals surface area contributed by atoms with Gasteiger partial charge in [-0.15, -0.1) is 0 Å². The van der Waals surface area contributed by atoms with Gasteiger partial charge in [0.2, 0.25) is 0 Å². The van der Waals surface area contributed by atoms with Crippen molar-refractivity contribution in [3.05, 3.63) is 72.4 Å². The molecule has 2 heterocycles. The minimum Gasteiger partial charge on any atom is -0.396 e. The lowest BCUT2D eigenvalue weighted by atomic mass is 9.90. The molecule has 166 valence electrons. The van der Waals surface area contributed by atoms with Crippen LogP contribution in [0.1, 0.15) is 18.9 Å². The third-order valence-corrected chi connectivity index (χ3v) is 7.00. The molecule has 3 aliphatic rings. The van der Waals surface area contributed by atoms with Crippen LogP contribution < -0.4 is 5.32 Å². The Hall–Kier alpha value is -3.00. The molecule has 0 spiro atoms. The number of hydrogen-bond acceptors (Lipinski definition) is 7. The fourth-order valence-electron chi connectivity index (χ4n) is 5.26. The van der Waals surface area contributed by atoms with Gasteiger partial charge < -0.3 is 25.5 Å². The normalized spacial score (nSPS) is 33.6. The second-order valence-corrected chi connectivity index (χ2v) is 8.96. The lowest BCUT2D eigenvalue weighted by Gasteiger charge is -2.43. The molecule has 6 unspecified atom stereocenters. The van der Waals surface area contributed by atoms with Gasteiger partial charge in [0, 0.05) is 24.4 Å². The van der Waals surface area contributed by atoms with Crippen LogP contribution in [0.2, 0.25) is 0 Å². The summed E-state index contributed by atoms with van der Waals surface area (Å²) in [4.78, 5) is 11.4. The molecule has 2 aliphatic heterocycles. The highest BCUT2D eigenvalue weighted by atomic mass is 16.3. The lowest BCUT2D eigenvalue weighted by Crippen LogP contribution is -2.55. The van der Waals surface area contributed by atoms with Crippen LogP contribution >= 0.6 is 0 Å². The van der Waals surface area contributed by atoms with Crippen LogP contribution in [0.15, 0.2) is 76.8 Å². The summed E-state index contributed by atoms with van der Waals surface area (Å²) in [6.07, 6.45) is 1.75. The van der Waals surface area contributed by atoms with Crippen molar-refractivity contribution in [1.29, 1.82) is 0 Å². The molecule has 1 saturated carbocycles. The van der Waals surface area contributed by atoms with Crippen LogP contribution in [0.4, 0.5) is 5.69 Å². The number of hydrogen-bond donors (Lipinski definition) is 4. The standard InChI is InChI=1S/C25H28N4O3/c1-25(12-17(14-30)21(31)22(25)32)29-13-19(16-8-4-2-5-9-16)20-23(26-15-27-24(20)29)28-18-10-6-3-7-11-18/h2-11,13,15,17,20-22,24,30-32H,12,14H2,1H3,(H,26,27,28). The Morgan fingerprint density at radius 1 is 1.06 bits per heavy atom. The zero-order chi connectivity index (χ0) is 22.3. The number of aliphatic hydroxyl groups excluding tert-OH is 3. The predicted molar refractivity (Wildman–Crippen MR) is 125 cm³/mol. The molecular formula is C25H28N4O3. The first-order chi connectivity index (χ1) is 15.5. The van der Waals surface area contributed by atoms with Gasteiger partial charge in [-0.05, 0) is 36.6 Å². The van der Waals surface area contributed by atoms with E-state index in [2.05, 4.69) is 27.3 Å². The van der Waals surface area contributed by atoms with E-state index >= 15 is 0 Å². The molecule has 7 nitrogen and oxygen atoms in total. The quantitative estimate of drug-likeness (QED) is 0.594. The summed E-state index contributed by atoms with van der Waals surface area (Å²) in [5.41, 5.74) is 2.26. The molecule has 0 saturated heterocycles. The van der Waals surface area contributed by atoms with Crippen LogP contribution in [0.5, 0.6) is 0 Å². The maximum Gasteiger partial charge on any atom is 0.137 e. The van der Waals surface area contributed by atoms with Crippen molar-refractivity contribution in [2.75, 3.05) is 11.9 Å². The van der Waals surface area contributed by atoms with E-state index in [4.69, 9.17) is 4.99 Å². The Bertz CT molecular complexity index is 1060. The van der Waals surface area contributed by atoms with E-state index in [9.17, 15) is 15.3 Å². The van der Waals surface area contributed by atoms with E-state index in [-0.39, 0.29) is 24.6 Å². The largest absolute Gasteiger partial charge is 0.396 e. The number of aliphatic hydroxyl groups is 3. The third kappa shape index (κ3) is 3.33. The fraction of sp³-hybridized carbons (Fsp3) is 0.360. The number of nitrogens with zero attached hydrogens (tertiary/aromatic N) is 3. The van der Waals surface area contributed by atoms with Crippen molar-refractivity contribution in [3.8, 4) is 0 Å². The molecule has 4 N–H and O–H groups in total. The molecule has 32 heavy (non-hydrogen) atoms. The first-order valence-electron chi connectivity index (χ1n) is 11.0. The zero-order valence-electron chi connectivity index (χ0n) is 17.9. The fourth-order valence-corrected chi connectivity index (χ4v) is 5.26. The Morgan fingerprint density at radius 3 is 2.41 bits per heavy atom. The average Bonchev–Trinajstić information content (AvgIpc) is 3.33. The minimum absolute atomic E-state index is 0.169. The van der Waals surface area contributed by atoms with Gasteiger partial charge in [-0.1, -0.05) is 48.5 Å². The van der Waals surface area contributed by atoms with Crippen LogP contribution in [0.25, 0.3) is 5.57 Å². The summed E-state index contributed by atoms with van der Waals surface area (Å²) in [6.45, 7) is 1.76. The SMILES string of the molecule is CC1(N2C=C(c3ccccc3)C3C(Nc4ccccc4)=NC=NC32)CC(CO)C(O)C1O. The Morgan fingerprint density at radius 2 is 1.75 bits per heavy atom. The number of rotatable bonds is 4. The number of benzene rings is 2. The molecule has 2 aromatic rings. The molecule has 0 aromatic heterocycles. The van der Waals surface area contributed by atoms with Gasteiger partial charge >= 0.3 is 0 Å². The van der Waals surface area contributed by atoms with Crippen LogP contribution in [-0.2, 0) is 0 Å². The van der Waals surface area contributed by atoms with Crippen molar-refractivity contribution >= 4 is 23.4 Å². The number of aliphatic imine (C=N–C) groups is 2. The van der Waals surface area contributed by atoms with Gasteiger partial charge in [-0.3, -0.25) is 0 Å². The molecule has 6 atom stereocenters. The van der Waals surface area contributed by atoms with Gasteiger partial charge in [0.05, 0.1) is 17.6 Å². The van der Waals surface area contributed by atoms with Gasteiger partial charge in [0.25, 0.3) is 0 Å². The van der Waals surface area contributed by atoms with Crippen molar-refractivity contribution < 1.29 is 15.3 Å². The Balaban J connectivity index is 1.56. The first-order valence-corrected chi connectivity index (χ1v) is 11.0. The number of amidine groups is 1. The lowest BCUT2D eigenvalue weighted by molar-refractivity contribution is -0.0467. The summed E-state index contributed by atoms with van der Waals surface area (Å²) >= 11 is 0. The minimum atomic E-state index is -1.01. The molecule has 1 fully saturated rings. The molecular weight excluding hydrogens is 404 g/mol. The first kappa shape index (κ1) is 20.9. The smallest absolute Gasteiger partial charge is 0.137 e. The van der Waals surface area contributed by atoms with E-state index in [1.807, 2.05) is 61.7 Å². The van der Waals surface area contributed by atoms with E-state index in [0.29, 0.717) is 6.42 Å². The average molecular weight is 433 g/mol. The number of fused-ring (bicyclic) bond motifs is 1. The summed E-state index contributed by atoms with van der Waals surface area (Å²) in [5, 5.41) is 34.7. The van der Waals surface area contributed by atoms with E-state index in [1.54, 1.807) is 6.34 Å². The molecule has 5 rings (SSSR count). The predicted octanol–water partition coefficient (Wildman–Crippen LogP) is 2.33. The number of nitrogens with one attached hydrogen (secondary N) is 1. The Kier molecular flexibility index (Phi) is 5.33. The van der Waals surface area contributed by atoms with Crippen LogP contribution in [-0.4, -0.2) is 62.9 Å². The summed E-state index contributed by atoms with van der Waals surface area (Å²) < 4.78 is 0. The van der Waals surface area contributed by atoms with Crippen molar-refractivity contribution in [2.24, 2.45) is 21.8 Å². The third-order valence-electron chi connectivity index (χ3n) is 7.00. The second kappa shape index (κ2) is 8.16. The van der Waals surface area contributed by atoms with Crippen molar-refractivity contribution in [1.82, 2.24) is 4.90 Å². The van der Waals surface area contributed by atoms with Gasteiger partial charge in [0.15, 0.2) is 0 Å². The molecule has 2 aromatic carbocycles. The highest BCUT2D eigenvalue weighted by Crippen LogP contribution is 2.48. The van der Waals surface area contributed by atoms with E-state index in [1.165, 1.54) is 0 Å². The van der Waals surface area contributed by atoms with Gasteiger partial charge in [-0.25, -0.2) is 9.98 Å². The van der Waals surface area contributed by atoms with Crippen molar-refractivity contribution in [2.45, 2.75) is 37.3 Å². The second-order valence-electron chi connectivity index (χ2n) is 8.96. The highest BCUT2D eigenvalue weighted by molar-refractivity contribution is 6.09. The molecule has 0 radical (unpaired) electrons. The summed E-state index contributed by atoms with van der Waals surface area (Å²) in [5.74, 6) is 0.229. The molecule has 7 heteroatoms. The number of para-hydroxylation sites is 1. The van der Waals surface area contributed by atoms with E-state index < -0.39 is 17.7 Å². The van der Waals surface area contributed by atoms with Crippen LogP contribution in [0.3, 0.4) is 0 Å². The summed E-state index contributed by atoms with van der Waals surface area (Å²) in [7, 11) is 0. The van der Waals surface area contributed by atoms with Gasteiger partial charge in [0.1, 0.15) is 24.4 Å². The maximum absolute atomic E-state index is 11.0. The van der Waals surface area contributed by atoms with E-state index in [0.717, 1.165) is 22.7 Å². The highest BCUT2D eigenvalue weighted by Gasteiger charge is 2.57. The monoisotopic (exact) mass is 432 g/mol. The molecule has 0 bridgehead atoms. The molecule has 0 amide bonds. The number of anilines is 1. The van der Waals surface area contributed by atoms with Crippen LogP contribution in [0, 0.1) is 11.8 Å². The zero-order valence-corrected chi connectivity index (χ0v) is 17.9. The van der Waals surface area contributed by atoms with Crippen molar-refractivity contribution in [3.63, 3.8) is 0 Å².